The number of hydrogen-bond donors (Lipinski definition) is 0. The van der Waals surface area contributed by atoms with Gasteiger partial charge in [0.25, 0.3) is 0 Å². The molecule has 2 aromatic carbocycles. The van der Waals surface area contributed by atoms with Crippen molar-refractivity contribution in [2.75, 3.05) is 5.75 Å². The molecule has 0 aliphatic carbocycles. The van der Waals surface area contributed by atoms with E-state index in [-0.39, 0.29) is 11.9 Å². The first-order chi connectivity index (χ1) is 10.2. The van der Waals surface area contributed by atoms with Gasteiger partial charge in [-0.3, -0.25) is 9.69 Å². The van der Waals surface area contributed by atoms with E-state index >= 15 is 0 Å². The maximum Gasteiger partial charge on any atom is 0.239 e. The van der Waals surface area contributed by atoms with Crippen molar-refractivity contribution in [1.82, 2.24) is 4.90 Å². The Balaban J connectivity index is 1.95. The summed E-state index contributed by atoms with van der Waals surface area (Å²) in [7, 11) is 0. The molecule has 2 aromatic rings. The second-order valence-corrected chi connectivity index (χ2v) is 6.34. The first-order valence-corrected chi connectivity index (χ1v) is 7.98. The zero-order valence-corrected chi connectivity index (χ0v) is 12.6. The minimum atomic E-state index is -0.144. The molecule has 104 valence electrons. The van der Waals surface area contributed by atoms with Gasteiger partial charge in [-0.1, -0.05) is 53.7 Å². The third kappa shape index (κ3) is 2.06. The van der Waals surface area contributed by atoms with Crippen molar-refractivity contribution in [1.29, 1.82) is 0 Å². The van der Waals surface area contributed by atoms with Crippen LogP contribution < -0.4 is 0 Å². The zero-order chi connectivity index (χ0) is 14.4. The van der Waals surface area contributed by atoms with Crippen molar-refractivity contribution in [3.8, 4) is 0 Å². The number of carbonyl (C=O) groups excluding carboxylic acids is 1. The summed E-state index contributed by atoms with van der Waals surface area (Å²) in [5.74, 6) is 0.544. The van der Waals surface area contributed by atoms with E-state index in [1.54, 1.807) is 4.90 Å². The monoisotopic (exact) mass is 314 g/mol. The van der Waals surface area contributed by atoms with Crippen LogP contribution in [0.5, 0.6) is 0 Å². The first kappa shape index (κ1) is 12.9. The molecule has 2 aliphatic rings. The molecule has 4 rings (SSSR count). The fourth-order valence-electron chi connectivity index (χ4n) is 2.76. The van der Waals surface area contributed by atoms with E-state index in [4.69, 9.17) is 11.6 Å². The average molecular weight is 315 g/mol. The molecule has 1 saturated heterocycles. The van der Waals surface area contributed by atoms with Crippen LogP contribution in [0.4, 0.5) is 5.69 Å². The lowest BCUT2D eigenvalue weighted by molar-refractivity contribution is -0.125. The van der Waals surface area contributed by atoms with Crippen molar-refractivity contribution in [2.24, 2.45) is 4.99 Å². The molecule has 0 radical (unpaired) electrons. The number of hydrogen-bond acceptors (Lipinski definition) is 3. The lowest BCUT2D eigenvalue weighted by Crippen LogP contribution is -2.36. The number of thioether (sulfide) groups is 1. The van der Waals surface area contributed by atoms with E-state index in [1.807, 2.05) is 48.5 Å². The second kappa shape index (κ2) is 4.90. The molecule has 1 atom stereocenters. The molecule has 5 heteroatoms. The number of nitrogens with zero attached hydrogens (tertiary/aromatic N) is 2. The van der Waals surface area contributed by atoms with Gasteiger partial charge in [0.05, 0.1) is 17.5 Å². The molecule has 0 saturated carbocycles. The Morgan fingerprint density at radius 3 is 2.81 bits per heavy atom. The van der Waals surface area contributed by atoms with Crippen LogP contribution in [0.25, 0.3) is 0 Å². The SMILES string of the molecule is O=C1CSC2=Nc3ccc(Cl)cc3[C@H](c3ccccc3)N12. The highest BCUT2D eigenvalue weighted by atomic mass is 35.5. The van der Waals surface area contributed by atoms with Gasteiger partial charge >= 0.3 is 0 Å². The van der Waals surface area contributed by atoms with Crippen molar-refractivity contribution in [3.63, 3.8) is 0 Å². The lowest BCUT2D eigenvalue weighted by atomic mass is 9.95. The van der Waals surface area contributed by atoms with Crippen LogP contribution in [-0.4, -0.2) is 21.7 Å². The number of halogens is 1. The summed E-state index contributed by atoms with van der Waals surface area (Å²) in [5.41, 5.74) is 2.94. The molecule has 2 heterocycles. The Bertz CT molecular complexity index is 760. The third-order valence-corrected chi connectivity index (χ3v) is 4.85. The van der Waals surface area contributed by atoms with Crippen LogP contribution in [0.15, 0.2) is 53.5 Å². The number of amidine groups is 1. The van der Waals surface area contributed by atoms with Crippen LogP contribution >= 0.6 is 23.4 Å². The average Bonchev–Trinajstić information content (AvgIpc) is 2.87. The van der Waals surface area contributed by atoms with Gasteiger partial charge in [0.2, 0.25) is 5.91 Å². The van der Waals surface area contributed by atoms with Crippen LogP contribution in [-0.2, 0) is 4.79 Å². The van der Waals surface area contributed by atoms with Gasteiger partial charge < -0.3 is 0 Å². The Hall–Kier alpha value is -1.78. The first-order valence-electron chi connectivity index (χ1n) is 6.62. The van der Waals surface area contributed by atoms with Crippen LogP contribution in [0.1, 0.15) is 17.2 Å². The summed E-state index contributed by atoms with van der Waals surface area (Å²) >= 11 is 7.65. The summed E-state index contributed by atoms with van der Waals surface area (Å²) in [5, 5.41) is 1.44. The molecular formula is C16H11ClN2OS. The third-order valence-electron chi connectivity index (χ3n) is 3.67. The molecule has 2 aliphatic heterocycles. The predicted molar refractivity (Wildman–Crippen MR) is 86.1 cm³/mol. The quantitative estimate of drug-likeness (QED) is 0.797. The number of carbonyl (C=O) groups is 1. The summed E-state index contributed by atoms with van der Waals surface area (Å²) in [6, 6.07) is 15.5. The molecule has 0 bridgehead atoms. The number of fused-ring (bicyclic) bond motifs is 2. The molecule has 0 unspecified atom stereocenters. The topological polar surface area (TPSA) is 32.7 Å². The number of amides is 1. The highest BCUT2D eigenvalue weighted by molar-refractivity contribution is 8.15. The molecule has 0 aromatic heterocycles. The Morgan fingerprint density at radius 2 is 2.00 bits per heavy atom. The van der Waals surface area contributed by atoms with Gasteiger partial charge in [0.1, 0.15) is 0 Å². The minimum absolute atomic E-state index is 0.0956. The van der Waals surface area contributed by atoms with E-state index < -0.39 is 0 Å². The molecule has 21 heavy (non-hydrogen) atoms. The maximum atomic E-state index is 12.3. The van der Waals surface area contributed by atoms with Crippen molar-refractivity contribution in [2.45, 2.75) is 6.04 Å². The Morgan fingerprint density at radius 1 is 1.19 bits per heavy atom. The Kier molecular flexibility index (Phi) is 3.01. The fourth-order valence-corrected chi connectivity index (χ4v) is 3.85. The van der Waals surface area contributed by atoms with Gasteiger partial charge in [-0.2, -0.15) is 0 Å². The smallest absolute Gasteiger partial charge is 0.239 e. The highest BCUT2D eigenvalue weighted by Crippen LogP contribution is 2.44. The molecular weight excluding hydrogens is 304 g/mol. The van der Waals surface area contributed by atoms with Crippen molar-refractivity contribution >= 4 is 40.1 Å². The van der Waals surface area contributed by atoms with E-state index in [1.165, 1.54) is 11.8 Å². The maximum absolute atomic E-state index is 12.3. The van der Waals surface area contributed by atoms with Crippen LogP contribution in [0.3, 0.4) is 0 Å². The standard InChI is InChI=1S/C16H11ClN2OS/c17-11-6-7-13-12(8-11)15(10-4-2-1-3-5-10)19-14(20)9-21-16(19)18-13/h1-8,15H,9H2/t15-/m0/s1. The Labute approximate surface area is 131 Å². The van der Waals surface area contributed by atoms with Crippen LogP contribution in [0, 0.1) is 0 Å². The molecule has 1 amide bonds. The largest absolute Gasteiger partial charge is 0.279 e. The normalized spacial score (nSPS) is 20.0. The van der Waals surface area contributed by atoms with Gasteiger partial charge in [0, 0.05) is 10.6 Å². The molecule has 1 fully saturated rings. The van der Waals surface area contributed by atoms with E-state index in [9.17, 15) is 4.79 Å². The second-order valence-electron chi connectivity index (χ2n) is 4.96. The van der Waals surface area contributed by atoms with Gasteiger partial charge in [-0.05, 0) is 23.8 Å². The fraction of sp³-hybridized carbons (Fsp3) is 0.125. The highest BCUT2D eigenvalue weighted by Gasteiger charge is 2.39. The summed E-state index contributed by atoms with van der Waals surface area (Å²) in [6.07, 6.45) is 0. The van der Waals surface area contributed by atoms with E-state index in [0.717, 1.165) is 22.0 Å². The summed E-state index contributed by atoms with van der Waals surface area (Å²) in [4.78, 5) is 18.7. The summed E-state index contributed by atoms with van der Waals surface area (Å²) in [6.45, 7) is 0. The van der Waals surface area contributed by atoms with E-state index in [0.29, 0.717) is 10.8 Å². The number of rotatable bonds is 1. The van der Waals surface area contributed by atoms with Gasteiger partial charge in [0.15, 0.2) is 5.17 Å². The van der Waals surface area contributed by atoms with Crippen LogP contribution in [0.2, 0.25) is 5.02 Å². The minimum Gasteiger partial charge on any atom is -0.279 e. The predicted octanol–water partition coefficient (Wildman–Crippen LogP) is 4.01. The number of benzene rings is 2. The molecule has 3 nitrogen and oxygen atoms in total. The molecule has 0 N–H and O–H groups in total. The van der Waals surface area contributed by atoms with E-state index in [2.05, 4.69) is 4.99 Å². The van der Waals surface area contributed by atoms with Crippen molar-refractivity contribution in [3.05, 3.63) is 64.7 Å². The zero-order valence-electron chi connectivity index (χ0n) is 11.0. The van der Waals surface area contributed by atoms with Crippen molar-refractivity contribution < 1.29 is 4.79 Å². The van der Waals surface area contributed by atoms with Gasteiger partial charge in [-0.15, -0.1) is 0 Å². The molecule has 0 spiro atoms. The summed E-state index contributed by atoms with van der Waals surface area (Å²) < 4.78 is 0. The number of aliphatic imine (C=N–C) groups is 1. The lowest BCUT2D eigenvalue weighted by Gasteiger charge is -2.32. The van der Waals surface area contributed by atoms with Gasteiger partial charge in [-0.25, -0.2) is 4.99 Å².